The van der Waals surface area contributed by atoms with Gasteiger partial charge >= 0.3 is 6.01 Å². The minimum atomic E-state index is 0.186. The van der Waals surface area contributed by atoms with Crippen LogP contribution < -0.4 is 9.64 Å². The molecule has 0 aromatic carbocycles. The molecule has 1 aliphatic rings. The van der Waals surface area contributed by atoms with E-state index < -0.39 is 0 Å². The lowest BCUT2D eigenvalue weighted by Crippen LogP contribution is -2.36. The molecule has 94 valence electrons. The van der Waals surface area contributed by atoms with Gasteiger partial charge in [0.05, 0.1) is 7.11 Å². The summed E-state index contributed by atoms with van der Waals surface area (Å²) in [6, 6.07) is 0.277. The second-order valence-corrected chi connectivity index (χ2v) is 4.59. The van der Waals surface area contributed by atoms with Gasteiger partial charge in [-0.25, -0.2) is 0 Å². The zero-order valence-electron chi connectivity index (χ0n) is 10.2. The third kappa shape index (κ3) is 2.97. The van der Waals surface area contributed by atoms with Crippen LogP contribution in [0.25, 0.3) is 0 Å². The number of hydrogen-bond donors (Lipinski definition) is 0. The summed E-state index contributed by atoms with van der Waals surface area (Å²) in [5, 5.41) is 0.186. The molecule has 0 spiro atoms. The van der Waals surface area contributed by atoms with Crippen LogP contribution in [0, 0.1) is 5.92 Å². The van der Waals surface area contributed by atoms with E-state index in [1.165, 1.54) is 26.4 Å². The van der Waals surface area contributed by atoms with Crippen LogP contribution in [-0.2, 0) is 0 Å². The van der Waals surface area contributed by atoms with Crippen molar-refractivity contribution in [2.24, 2.45) is 5.92 Å². The highest BCUT2D eigenvalue weighted by atomic mass is 35.5. The fraction of sp³-hybridized carbons (Fsp3) is 0.727. The summed E-state index contributed by atoms with van der Waals surface area (Å²) in [5.41, 5.74) is 0. The van der Waals surface area contributed by atoms with E-state index in [-0.39, 0.29) is 11.3 Å². The molecule has 1 aromatic rings. The molecule has 1 aliphatic heterocycles. The average molecular weight is 257 g/mol. The van der Waals surface area contributed by atoms with Gasteiger partial charge in [-0.15, -0.1) is 0 Å². The molecule has 0 amide bonds. The van der Waals surface area contributed by atoms with E-state index in [4.69, 9.17) is 16.3 Å². The van der Waals surface area contributed by atoms with E-state index in [9.17, 15) is 0 Å². The molecule has 0 saturated carbocycles. The first-order valence-electron chi connectivity index (χ1n) is 5.93. The molecule has 1 unspecified atom stereocenters. The Labute approximate surface area is 106 Å². The van der Waals surface area contributed by atoms with Crippen LogP contribution in [0.2, 0.25) is 5.28 Å². The normalized spacial score (nSPS) is 20.4. The number of nitrogens with zero attached hydrogens (tertiary/aromatic N) is 4. The molecule has 2 heterocycles. The first-order chi connectivity index (χ1) is 8.22. The van der Waals surface area contributed by atoms with Crippen LogP contribution in [0.5, 0.6) is 6.01 Å². The summed E-state index contributed by atoms with van der Waals surface area (Å²) >= 11 is 5.85. The zero-order chi connectivity index (χ0) is 12.3. The Morgan fingerprint density at radius 2 is 2.24 bits per heavy atom. The Bertz CT molecular complexity index is 388. The summed E-state index contributed by atoms with van der Waals surface area (Å²) in [6.45, 7) is 4.18. The smallest absolute Gasteiger partial charge is 0.322 e. The van der Waals surface area contributed by atoms with Gasteiger partial charge in [0.1, 0.15) is 0 Å². The topological polar surface area (TPSA) is 51.1 Å². The van der Waals surface area contributed by atoms with Crippen molar-refractivity contribution in [3.8, 4) is 6.01 Å². The molecule has 6 heteroatoms. The van der Waals surface area contributed by atoms with E-state index in [0.717, 1.165) is 13.1 Å². The fourth-order valence-electron chi connectivity index (χ4n) is 2.13. The van der Waals surface area contributed by atoms with Crippen molar-refractivity contribution in [3.63, 3.8) is 0 Å². The molecule has 0 bridgehead atoms. The first kappa shape index (κ1) is 12.4. The summed E-state index contributed by atoms with van der Waals surface area (Å²) in [7, 11) is 1.53. The van der Waals surface area contributed by atoms with Crippen LogP contribution in [0.4, 0.5) is 5.95 Å². The van der Waals surface area contributed by atoms with Crippen LogP contribution in [0.3, 0.4) is 0 Å². The minimum Gasteiger partial charge on any atom is -0.467 e. The van der Waals surface area contributed by atoms with Crippen molar-refractivity contribution in [2.75, 3.05) is 25.1 Å². The third-order valence-corrected chi connectivity index (χ3v) is 3.31. The molecule has 17 heavy (non-hydrogen) atoms. The van der Waals surface area contributed by atoms with Crippen molar-refractivity contribution >= 4 is 17.5 Å². The number of rotatable bonds is 3. The standard InChI is InChI=1S/C11H17ClN4O/c1-3-8-5-4-6-16(7-8)10-13-9(12)14-11(15-10)17-2/h8H,3-7H2,1-2H3. The number of aromatic nitrogens is 3. The van der Waals surface area contributed by atoms with Gasteiger partial charge in [-0.1, -0.05) is 13.3 Å². The Kier molecular flexibility index (Phi) is 3.99. The van der Waals surface area contributed by atoms with E-state index in [1.54, 1.807) is 0 Å². The van der Waals surface area contributed by atoms with Gasteiger partial charge in [-0.05, 0) is 30.4 Å². The van der Waals surface area contributed by atoms with Crippen molar-refractivity contribution in [2.45, 2.75) is 26.2 Å². The van der Waals surface area contributed by atoms with Crippen LogP contribution in [0.15, 0.2) is 0 Å². The number of halogens is 1. The second-order valence-electron chi connectivity index (χ2n) is 4.25. The summed E-state index contributed by atoms with van der Waals surface area (Å²) in [4.78, 5) is 14.4. The molecule has 1 atom stereocenters. The zero-order valence-corrected chi connectivity index (χ0v) is 10.9. The molecule has 0 radical (unpaired) electrons. The van der Waals surface area contributed by atoms with E-state index in [2.05, 4.69) is 26.8 Å². The summed E-state index contributed by atoms with van der Waals surface area (Å²) < 4.78 is 5.01. The van der Waals surface area contributed by atoms with Crippen molar-refractivity contribution in [3.05, 3.63) is 5.28 Å². The van der Waals surface area contributed by atoms with Crippen molar-refractivity contribution in [1.82, 2.24) is 15.0 Å². The molecular formula is C11H17ClN4O. The Morgan fingerprint density at radius 3 is 2.94 bits per heavy atom. The maximum atomic E-state index is 5.85. The molecule has 5 nitrogen and oxygen atoms in total. The lowest BCUT2D eigenvalue weighted by Gasteiger charge is -2.32. The SMILES string of the molecule is CCC1CCCN(c2nc(Cl)nc(OC)n2)C1. The quantitative estimate of drug-likeness (QED) is 0.830. The first-order valence-corrected chi connectivity index (χ1v) is 6.31. The highest BCUT2D eigenvalue weighted by Crippen LogP contribution is 2.23. The van der Waals surface area contributed by atoms with Gasteiger partial charge in [-0.2, -0.15) is 15.0 Å². The van der Waals surface area contributed by atoms with Gasteiger partial charge in [0.25, 0.3) is 0 Å². The van der Waals surface area contributed by atoms with Crippen LogP contribution in [-0.4, -0.2) is 35.2 Å². The van der Waals surface area contributed by atoms with Crippen LogP contribution >= 0.6 is 11.6 Å². The molecule has 2 rings (SSSR count). The average Bonchev–Trinajstić information content (AvgIpc) is 2.38. The van der Waals surface area contributed by atoms with E-state index >= 15 is 0 Å². The van der Waals surface area contributed by atoms with E-state index in [0.29, 0.717) is 11.9 Å². The predicted octanol–water partition coefficient (Wildman–Crippen LogP) is 2.16. The van der Waals surface area contributed by atoms with Gasteiger partial charge in [0.2, 0.25) is 11.2 Å². The van der Waals surface area contributed by atoms with Gasteiger partial charge in [0, 0.05) is 13.1 Å². The van der Waals surface area contributed by atoms with Gasteiger partial charge in [0.15, 0.2) is 0 Å². The minimum absolute atomic E-state index is 0.186. The van der Waals surface area contributed by atoms with Gasteiger partial charge in [-0.3, -0.25) is 0 Å². The molecule has 0 N–H and O–H groups in total. The highest BCUT2D eigenvalue weighted by molar-refractivity contribution is 6.28. The maximum Gasteiger partial charge on any atom is 0.322 e. The lowest BCUT2D eigenvalue weighted by atomic mass is 9.96. The maximum absolute atomic E-state index is 5.85. The molecule has 1 aromatic heterocycles. The molecular weight excluding hydrogens is 240 g/mol. The third-order valence-electron chi connectivity index (χ3n) is 3.14. The molecule has 1 fully saturated rings. The number of ether oxygens (including phenoxy) is 1. The highest BCUT2D eigenvalue weighted by Gasteiger charge is 2.21. The van der Waals surface area contributed by atoms with Crippen molar-refractivity contribution < 1.29 is 4.74 Å². The Balaban J connectivity index is 2.18. The Morgan fingerprint density at radius 1 is 1.41 bits per heavy atom. The van der Waals surface area contributed by atoms with Crippen molar-refractivity contribution in [1.29, 1.82) is 0 Å². The Hall–Kier alpha value is -1.10. The second kappa shape index (κ2) is 5.49. The lowest BCUT2D eigenvalue weighted by molar-refractivity contribution is 0.372. The number of anilines is 1. The molecule has 0 aliphatic carbocycles. The van der Waals surface area contributed by atoms with Gasteiger partial charge < -0.3 is 9.64 Å². The monoisotopic (exact) mass is 256 g/mol. The van der Waals surface area contributed by atoms with E-state index in [1.807, 2.05) is 0 Å². The fourth-order valence-corrected chi connectivity index (χ4v) is 2.28. The summed E-state index contributed by atoms with van der Waals surface area (Å²) in [5.74, 6) is 1.34. The number of methoxy groups -OCH3 is 1. The summed E-state index contributed by atoms with van der Waals surface area (Å²) in [6.07, 6.45) is 3.64. The van der Waals surface area contributed by atoms with Crippen LogP contribution in [0.1, 0.15) is 26.2 Å². The largest absolute Gasteiger partial charge is 0.467 e. The predicted molar refractivity (Wildman–Crippen MR) is 66.6 cm³/mol. The number of hydrogen-bond acceptors (Lipinski definition) is 5. The number of piperidine rings is 1. The molecule has 1 saturated heterocycles.